The average molecular weight is 396 g/mol. The van der Waals surface area contributed by atoms with E-state index in [0.717, 1.165) is 24.3 Å². The summed E-state index contributed by atoms with van der Waals surface area (Å²) in [6.07, 6.45) is 2.45. The molecule has 156 valence electrons. The molecule has 0 bridgehead atoms. The van der Waals surface area contributed by atoms with Crippen LogP contribution in [0.2, 0.25) is 0 Å². The van der Waals surface area contributed by atoms with E-state index in [-0.39, 0.29) is 23.7 Å². The number of amides is 1. The molecule has 29 heavy (non-hydrogen) atoms. The molecule has 1 fully saturated rings. The first kappa shape index (κ1) is 21.2. The SMILES string of the molecule is CCN(CC)C(=O)c1cccc(NC(c2cccc(O)c2)C(C)N2CCCC2)c1. The van der Waals surface area contributed by atoms with Crippen LogP contribution in [0.5, 0.6) is 5.75 Å². The lowest BCUT2D eigenvalue weighted by atomic mass is 9.98. The minimum atomic E-state index is 0.0130. The second kappa shape index (κ2) is 9.79. The molecule has 2 aromatic carbocycles. The number of benzene rings is 2. The van der Waals surface area contributed by atoms with E-state index >= 15 is 0 Å². The minimum Gasteiger partial charge on any atom is -0.508 e. The highest BCUT2D eigenvalue weighted by atomic mass is 16.3. The number of carbonyl (C=O) groups excluding carboxylic acids is 1. The fourth-order valence-electron chi connectivity index (χ4n) is 4.18. The molecule has 0 aliphatic carbocycles. The molecule has 0 aromatic heterocycles. The van der Waals surface area contributed by atoms with Gasteiger partial charge >= 0.3 is 0 Å². The average Bonchev–Trinajstić information content (AvgIpc) is 3.27. The summed E-state index contributed by atoms with van der Waals surface area (Å²) >= 11 is 0. The Balaban J connectivity index is 1.87. The molecule has 2 aromatic rings. The number of anilines is 1. The van der Waals surface area contributed by atoms with Gasteiger partial charge in [-0.3, -0.25) is 9.69 Å². The fraction of sp³-hybridized carbons (Fsp3) is 0.458. The van der Waals surface area contributed by atoms with Crippen LogP contribution in [-0.2, 0) is 0 Å². The van der Waals surface area contributed by atoms with Crippen LogP contribution < -0.4 is 5.32 Å². The summed E-state index contributed by atoms with van der Waals surface area (Å²) in [7, 11) is 0. The molecule has 2 atom stereocenters. The van der Waals surface area contributed by atoms with Crippen LogP contribution in [0.4, 0.5) is 5.69 Å². The molecule has 1 heterocycles. The zero-order chi connectivity index (χ0) is 20.8. The third kappa shape index (κ3) is 5.10. The number of hydrogen-bond donors (Lipinski definition) is 2. The number of nitrogens with zero attached hydrogens (tertiary/aromatic N) is 2. The standard InChI is InChI=1S/C24H33N3O2/c1-4-26(5-2)24(29)20-11-8-12-21(16-20)25-23(18(3)27-14-6-7-15-27)19-10-9-13-22(28)17-19/h8-13,16-18,23,25,28H,4-7,14-15H2,1-3H3. The number of phenols is 1. The first-order valence-corrected chi connectivity index (χ1v) is 10.7. The summed E-state index contributed by atoms with van der Waals surface area (Å²) in [6.45, 7) is 9.82. The quantitative estimate of drug-likeness (QED) is 0.690. The maximum atomic E-state index is 12.8. The van der Waals surface area contributed by atoms with Crippen molar-refractivity contribution in [2.75, 3.05) is 31.5 Å². The van der Waals surface area contributed by atoms with E-state index in [9.17, 15) is 9.90 Å². The number of hydrogen-bond acceptors (Lipinski definition) is 4. The molecule has 2 unspecified atom stereocenters. The van der Waals surface area contributed by atoms with Crippen molar-refractivity contribution in [3.8, 4) is 5.75 Å². The largest absolute Gasteiger partial charge is 0.508 e. The van der Waals surface area contributed by atoms with Gasteiger partial charge in [-0.1, -0.05) is 18.2 Å². The third-order valence-electron chi connectivity index (χ3n) is 5.91. The van der Waals surface area contributed by atoms with E-state index in [1.54, 1.807) is 6.07 Å². The Morgan fingerprint density at radius 1 is 1.10 bits per heavy atom. The second-order valence-corrected chi connectivity index (χ2v) is 7.76. The predicted octanol–water partition coefficient (Wildman–Crippen LogP) is 4.51. The van der Waals surface area contributed by atoms with Crippen molar-refractivity contribution in [3.05, 3.63) is 59.7 Å². The van der Waals surface area contributed by atoms with Crippen molar-refractivity contribution >= 4 is 11.6 Å². The molecule has 3 rings (SSSR count). The van der Waals surface area contributed by atoms with Crippen LogP contribution in [0.15, 0.2) is 48.5 Å². The minimum absolute atomic E-state index is 0.0130. The van der Waals surface area contributed by atoms with Gasteiger partial charge in [0.25, 0.3) is 5.91 Å². The van der Waals surface area contributed by atoms with Gasteiger partial charge in [-0.15, -0.1) is 0 Å². The lowest BCUT2D eigenvalue weighted by Crippen LogP contribution is -2.38. The highest BCUT2D eigenvalue weighted by Crippen LogP contribution is 2.30. The maximum absolute atomic E-state index is 12.8. The van der Waals surface area contributed by atoms with Crippen molar-refractivity contribution in [1.29, 1.82) is 0 Å². The summed E-state index contributed by atoms with van der Waals surface area (Å²) in [6, 6.07) is 15.5. The van der Waals surface area contributed by atoms with E-state index < -0.39 is 0 Å². The lowest BCUT2D eigenvalue weighted by Gasteiger charge is -2.33. The first-order chi connectivity index (χ1) is 14.0. The molecule has 1 aliphatic rings. The zero-order valence-electron chi connectivity index (χ0n) is 17.8. The molecule has 1 aliphatic heterocycles. The summed E-state index contributed by atoms with van der Waals surface area (Å²) < 4.78 is 0. The van der Waals surface area contributed by atoms with Crippen LogP contribution in [-0.4, -0.2) is 53.0 Å². The smallest absolute Gasteiger partial charge is 0.253 e. The number of rotatable bonds is 8. The Morgan fingerprint density at radius 2 is 1.79 bits per heavy atom. The van der Waals surface area contributed by atoms with Crippen LogP contribution in [0, 0.1) is 0 Å². The summed E-state index contributed by atoms with van der Waals surface area (Å²) in [5.41, 5.74) is 2.66. The van der Waals surface area contributed by atoms with E-state index in [1.165, 1.54) is 12.8 Å². The van der Waals surface area contributed by atoms with Gasteiger partial charge < -0.3 is 15.3 Å². The monoisotopic (exact) mass is 395 g/mol. The molecular formula is C24H33N3O2. The van der Waals surface area contributed by atoms with Gasteiger partial charge in [0.15, 0.2) is 0 Å². The molecular weight excluding hydrogens is 362 g/mol. The van der Waals surface area contributed by atoms with E-state index in [2.05, 4.69) is 23.2 Å². The molecule has 0 radical (unpaired) electrons. The molecule has 0 spiro atoms. The number of likely N-dealkylation sites (tertiary alicyclic amines) is 1. The second-order valence-electron chi connectivity index (χ2n) is 7.76. The van der Waals surface area contributed by atoms with Gasteiger partial charge in [-0.05, 0) is 82.6 Å². The Kier molecular flexibility index (Phi) is 7.15. The van der Waals surface area contributed by atoms with Gasteiger partial charge in [0.2, 0.25) is 0 Å². The number of carbonyl (C=O) groups is 1. The highest BCUT2D eigenvalue weighted by molar-refractivity contribution is 5.95. The topological polar surface area (TPSA) is 55.8 Å². The normalized spacial score (nSPS) is 16.4. The van der Waals surface area contributed by atoms with Crippen LogP contribution in [0.1, 0.15) is 55.6 Å². The molecule has 5 nitrogen and oxygen atoms in total. The van der Waals surface area contributed by atoms with Crippen LogP contribution in [0.3, 0.4) is 0 Å². The summed E-state index contributed by atoms with van der Waals surface area (Å²) in [4.78, 5) is 17.1. The molecule has 2 N–H and O–H groups in total. The van der Waals surface area contributed by atoms with E-state index in [1.807, 2.05) is 55.1 Å². The van der Waals surface area contributed by atoms with Crippen LogP contribution >= 0.6 is 0 Å². The predicted molar refractivity (Wildman–Crippen MR) is 118 cm³/mol. The molecule has 0 saturated carbocycles. The van der Waals surface area contributed by atoms with Gasteiger partial charge in [-0.25, -0.2) is 0 Å². The number of nitrogens with one attached hydrogen (secondary N) is 1. The zero-order valence-corrected chi connectivity index (χ0v) is 17.8. The highest BCUT2D eigenvalue weighted by Gasteiger charge is 2.27. The van der Waals surface area contributed by atoms with Gasteiger partial charge in [-0.2, -0.15) is 0 Å². The Labute approximate surface area is 174 Å². The Morgan fingerprint density at radius 3 is 2.45 bits per heavy atom. The van der Waals surface area contributed by atoms with Gasteiger partial charge in [0.05, 0.1) is 6.04 Å². The maximum Gasteiger partial charge on any atom is 0.253 e. The summed E-state index contributed by atoms with van der Waals surface area (Å²) in [5, 5.41) is 13.7. The van der Waals surface area contributed by atoms with Gasteiger partial charge in [0.1, 0.15) is 5.75 Å². The fourth-order valence-corrected chi connectivity index (χ4v) is 4.18. The Bertz CT molecular complexity index is 813. The molecule has 1 amide bonds. The Hall–Kier alpha value is -2.53. The van der Waals surface area contributed by atoms with E-state index in [0.29, 0.717) is 18.7 Å². The number of phenolic OH excluding ortho intramolecular Hbond substituents is 1. The first-order valence-electron chi connectivity index (χ1n) is 10.7. The van der Waals surface area contributed by atoms with Crippen molar-refractivity contribution < 1.29 is 9.90 Å². The van der Waals surface area contributed by atoms with Crippen molar-refractivity contribution in [3.63, 3.8) is 0 Å². The molecule has 1 saturated heterocycles. The lowest BCUT2D eigenvalue weighted by molar-refractivity contribution is 0.0773. The van der Waals surface area contributed by atoms with Gasteiger partial charge in [0, 0.05) is 30.4 Å². The van der Waals surface area contributed by atoms with E-state index in [4.69, 9.17) is 0 Å². The number of aromatic hydroxyl groups is 1. The molecule has 5 heteroatoms. The summed E-state index contributed by atoms with van der Waals surface area (Å²) in [5.74, 6) is 0.327. The van der Waals surface area contributed by atoms with Crippen molar-refractivity contribution in [1.82, 2.24) is 9.80 Å². The van der Waals surface area contributed by atoms with Crippen molar-refractivity contribution in [2.45, 2.75) is 45.7 Å². The van der Waals surface area contributed by atoms with Crippen molar-refractivity contribution in [2.24, 2.45) is 0 Å². The van der Waals surface area contributed by atoms with Crippen LogP contribution in [0.25, 0.3) is 0 Å². The third-order valence-corrected chi connectivity index (χ3v) is 5.91.